The Morgan fingerprint density at radius 2 is 1.48 bits per heavy atom. The molecule has 1 fully saturated rings. The van der Waals surface area contributed by atoms with Crippen molar-refractivity contribution in [3.05, 3.63) is 96.3 Å². The van der Waals surface area contributed by atoms with Gasteiger partial charge in [-0.2, -0.15) is 4.31 Å². The molecule has 1 amide bonds. The minimum atomic E-state index is -3.80. The Kier molecular flexibility index (Phi) is 6.15. The average molecular weight is 439 g/mol. The van der Waals surface area contributed by atoms with Gasteiger partial charge in [-0.05, 0) is 54.8 Å². The highest BCUT2D eigenvalue weighted by Gasteiger charge is 2.40. The van der Waals surface area contributed by atoms with E-state index in [0.717, 1.165) is 5.56 Å². The minimum absolute atomic E-state index is 0.0732. The number of carbonyl (C=O) groups is 1. The Balaban J connectivity index is 1.62. The van der Waals surface area contributed by atoms with Crippen LogP contribution in [-0.2, 0) is 14.8 Å². The number of sulfonamides is 1. The van der Waals surface area contributed by atoms with Crippen molar-refractivity contribution in [3.63, 3.8) is 0 Å². The predicted molar refractivity (Wildman–Crippen MR) is 117 cm³/mol. The van der Waals surface area contributed by atoms with E-state index >= 15 is 0 Å². The smallest absolute Gasteiger partial charge is 0.243 e. The molecule has 2 unspecified atom stereocenters. The Morgan fingerprint density at radius 3 is 2.13 bits per heavy atom. The summed E-state index contributed by atoms with van der Waals surface area (Å²) < 4.78 is 41.6. The first-order chi connectivity index (χ1) is 14.9. The molecule has 0 bridgehead atoms. The molecule has 2 atom stereocenters. The van der Waals surface area contributed by atoms with E-state index in [1.807, 2.05) is 30.3 Å². The zero-order chi connectivity index (χ0) is 21.8. The van der Waals surface area contributed by atoms with E-state index in [-0.39, 0.29) is 29.2 Å². The lowest BCUT2D eigenvalue weighted by atomic mass is 9.90. The standard InChI is InChI=1S/C24H23FN2O3S/c25-20-12-14-21(15-13-20)26-24(28)19-11-16-23(18-7-3-1-4-8-18)27(17-19)31(29,30)22-9-5-2-6-10-22/h1-10,12-15,19,23H,11,16-17H2,(H,26,28). The quantitative estimate of drug-likeness (QED) is 0.633. The third-order valence-corrected chi connectivity index (χ3v) is 7.44. The molecule has 3 aromatic rings. The van der Waals surface area contributed by atoms with Crippen LogP contribution in [0.4, 0.5) is 10.1 Å². The summed E-state index contributed by atoms with van der Waals surface area (Å²) in [4.78, 5) is 13.1. The summed E-state index contributed by atoms with van der Waals surface area (Å²) >= 11 is 0. The van der Waals surface area contributed by atoms with Gasteiger partial charge in [0, 0.05) is 12.2 Å². The van der Waals surface area contributed by atoms with Crippen LogP contribution in [0, 0.1) is 11.7 Å². The number of hydrogen-bond acceptors (Lipinski definition) is 3. The summed E-state index contributed by atoms with van der Waals surface area (Å²) in [7, 11) is -3.80. The van der Waals surface area contributed by atoms with Gasteiger partial charge in [-0.3, -0.25) is 4.79 Å². The number of nitrogens with zero attached hydrogens (tertiary/aromatic N) is 1. The van der Waals surface area contributed by atoms with Crippen molar-refractivity contribution < 1.29 is 17.6 Å². The largest absolute Gasteiger partial charge is 0.326 e. The third-order valence-electron chi connectivity index (χ3n) is 5.55. The zero-order valence-electron chi connectivity index (χ0n) is 16.8. The van der Waals surface area contributed by atoms with Crippen molar-refractivity contribution in [1.29, 1.82) is 0 Å². The van der Waals surface area contributed by atoms with Crippen LogP contribution in [0.5, 0.6) is 0 Å². The van der Waals surface area contributed by atoms with Crippen LogP contribution in [0.3, 0.4) is 0 Å². The molecule has 0 spiro atoms. The lowest BCUT2D eigenvalue weighted by molar-refractivity contribution is -0.121. The number of benzene rings is 3. The Morgan fingerprint density at radius 1 is 0.871 bits per heavy atom. The summed E-state index contributed by atoms with van der Waals surface area (Å²) in [5.41, 5.74) is 1.38. The second-order valence-electron chi connectivity index (χ2n) is 7.58. The molecule has 0 aliphatic carbocycles. The van der Waals surface area contributed by atoms with E-state index in [2.05, 4.69) is 5.32 Å². The van der Waals surface area contributed by atoms with Crippen LogP contribution in [0.2, 0.25) is 0 Å². The van der Waals surface area contributed by atoms with Gasteiger partial charge in [0.05, 0.1) is 16.9 Å². The third kappa shape index (κ3) is 4.68. The fourth-order valence-electron chi connectivity index (χ4n) is 3.93. The van der Waals surface area contributed by atoms with Gasteiger partial charge in [-0.1, -0.05) is 48.5 Å². The van der Waals surface area contributed by atoms with Gasteiger partial charge in [-0.25, -0.2) is 12.8 Å². The summed E-state index contributed by atoms with van der Waals surface area (Å²) in [6, 6.07) is 22.9. The van der Waals surface area contributed by atoms with Gasteiger partial charge in [0.2, 0.25) is 15.9 Å². The van der Waals surface area contributed by atoms with Gasteiger partial charge >= 0.3 is 0 Å². The molecular formula is C24H23FN2O3S. The molecule has 1 saturated heterocycles. The summed E-state index contributed by atoms with van der Waals surface area (Å²) in [6.07, 6.45) is 1.07. The topological polar surface area (TPSA) is 66.5 Å². The maximum atomic E-state index is 13.5. The molecule has 1 aliphatic heterocycles. The van der Waals surface area contributed by atoms with Crippen molar-refractivity contribution in [2.24, 2.45) is 5.92 Å². The van der Waals surface area contributed by atoms with Crippen molar-refractivity contribution in [2.45, 2.75) is 23.8 Å². The van der Waals surface area contributed by atoms with Crippen LogP contribution in [0.1, 0.15) is 24.4 Å². The van der Waals surface area contributed by atoms with E-state index in [4.69, 9.17) is 0 Å². The van der Waals surface area contributed by atoms with Crippen LogP contribution in [-0.4, -0.2) is 25.2 Å². The van der Waals surface area contributed by atoms with E-state index in [0.29, 0.717) is 18.5 Å². The van der Waals surface area contributed by atoms with Crippen molar-refractivity contribution in [3.8, 4) is 0 Å². The molecule has 1 heterocycles. The number of piperidine rings is 1. The molecule has 4 rings (SSSR count). The van der Waals surface area contributed by atoms with Crippen LogP contribution >= 0.6 is 0 Å². The zero-order valence-corrected chi connectivity index (χ0v) is 17.6. The molecule has 31 heavy (non-hydrogen) atoms. The van der Waals surface area contributed by atoms with Crippen molar-refractivity contribution in [1.82, 2.24) is 4.31 Å². The van der Waals surface area contributed by atoms with E-state index < -0.39 is 15.9 Å². The summed E-state index contributed by atoms with van der Waals surface area (Å²) in [5, 5.41) is 2.78. The molecule has 0 aromatic heterocycles. The first-order valence-electron chi connectivity index (χ1n) is 10.1. The second kappa shape index (κ2) is 8.99. The Hall–Kier alpha value is -3.03. The molecule has 0 saturated carbocycles. The predicted octanol–water partition coefficient (Wildman–Crippen LogP) is 4.61. The number of carbonyl (C=O) groups excluding carboxylic acids is 1. The SMILES string of the molecule is O=C(Nc1ccc(F)cc1)C1CCC(c2ccccc2)N(S(=O)(=O)c2ccccc2)C1. The van der Waals surface area contributed by atoms with Crippen molar-refractivity contribution in [2.75, 3.05) is 11.9 Å². The van der Waals surface area contributed by atoms with Crippen molar-refractivity contribution >= 4 is 21.6 Å². The Bertz CT molecular complexity index is 1140. The van der Waals surface area contributed by atoms with Crippen LogP contribution in [0.25, 0.3) is 0 Å². The molecule has 160 valence electrons. The molecule has 5 nitrogen and oxygen atoms in total. The average Bonchev–Trinajstić information content (AvgIpc) is 2.81. The molecule has 7 heteroatoms. The van der Waals surface area contributed by atoms with Gasteiger partial charge in [0.15, 0.2) is 0 Å². The fraction of sp³-hybridized carbons (Fsp3) is 0.208. The van der Waals surface area contributed by atoms with Gasteiger partial charge in [0.25, 0.3) is 0 Å². The maximum absolute atomic E-state index is 13.5. The summed E-state index contributed by atoms with van der Waals surface area (Å²) in [5.74, 6) is -1.17. The van der Waals surface area contributed by atoms with Gasteiger partial charge in [-0.15, -0.1) is 0 Å². The minimum Gasteiger partial charge on any atom is -0.326 e. The molecule has 0 radical (unpaired) electrons. The lowest BCUT2D eigenvalue weighted by Crippen LogP contribution is -2.45. The number of hydrogen-bond donors (Lipinski definition) is 1. The van der Waals surface area contributed by atoms with Crippen LogP contribution < -0.4 is 5.32 Å². The van der Waals surface area contributed by atoms with Gasteiger partial charge in [0.1, 0.15) is 5.82 Å². The maximum Gasteiger partial charge on any atom is 0.243 e. The van der Waals surface area contributed by atoms with E-state index in [9.17, 15) is 17.6 Å². The molecule has 1 N–H and O–H groups in total. The highest BCUT2D eigenvalue weighted by atomic mass is 32.2. The number of amides is 1. The van der Waals surface area contributed by atoms with Crippen LogP contribution in [0.15, 0.2) is 89.8 Å². The number of anilines is 1. The first kappa shape index (κ1) is 21.2. The fourth-order valence-corrected chi connectivity index (χ4v) is 5.64. The van der Waals surface area contributed by atoms with E-state index in [1.54, 1.807) is 30.3 Å². The molecular weight excluding hydrogens is 415 g/mol. The molecule has 3 aromatic carbocycles. The number of nitrogens with one attached hydrogen (secondary N) is 1. The molecule has 1 aliphatic rings. The monoisotopic (exact) mass is 438 g/mol. The first-order valence-corrected chi connectivity index (χ1v) is 11.6. The highest BCUT2D eigenvalue weighted by molar-refractivity contribution is 7.89. The lowest BCUT2D eigenvalue weighted by Gasteiger charge is -2.38. The number of rotatable bonds is 5. The second-order valence-corrected chi connectivity index (χ2v) is 9.48. The number of halogens is 1. The van der Waals surface area contributed by atoms with E-state index in [1.165, 1.54) is 28.6 Å². The Labute approximate surface area is 181 Å². The van der Waals surface area contributed by atoms with Gasteiger partial charge < -0.3 is 5.32 Å². The normalized spacial score (nSPS) is 19.6. The summed E-state index contributed by atoms with van der Waals surface area (Å²) in [6.45, 7) is 0.0732. The highest BCUT2D eigenvalue weighted by Crippen LogP contribution is 2.37.